The Morgan fingerprint density at radius 1 is 1.05 bits per heavy atom. The number of nitrogens with zero attached hydrogens (tertiary/aromatic N) is 1. The van der Waals surface area contributed by atoms with Gasteiger partial charge in [-0.3, -0.25) is 4.98 Å². The van der Waals surface area contributed by atoms with Gasteiger partial charge >= 0.3 is 0 Å². The molecule has 0 saturated heterocycles. The normalized spacial score (nSPS) is 11.1. The van der Waals surface area contributed by atoms with Crippen LogP contribution in [0.3, 0.4) is 0 Å². The molecule has 2 nitrogen and oxygen atoms in total. The second-order valence-corrected chi connectivity index (χ2v) is 5.21. The van der Waals surface area contributed by atoms with Crippen molar-refractivity contribution in [3.8, 4) is 11.3 Å². The van der Waals surface area contributed by atoms with Gasteiger partial charge in [0.1, 0.15) is 0 Å². The molecule has 1 N–H and O–H groups in total. The molecule has 0 unspecified atom stereocenters. The number of hydrogen-bond donors (Lipinski definition) is 1. The van der Waals surface area contributed by atoms with Gasteiger partial charge in [-0.15, -0.1) is 0 Å². The molecule has 102 valence electrons. The van der Waals surface area contributed by atoms with Crippen molar-refractivity contribution in [2.24, 2.45) is 0 Å². The second-order valence-electron chi connectivity index (χ2n) is 5.21. The molecule has 0 aliphatic carbocycles. The predicted octanol–water partition coefficient (Wildman–Crippen LogP) is 4.74. The highest BCUT2D eigenvalue weighted by Crippen LogP contribution is 2.25. The maximum atomic E-state index is 4.47. The average molecular weight is 264 g/mol. The standard InChI is InChI=1S/C18H20N2/c1-3-5-15-10-11-19-17-12-16(20-18(15)17)14-8-6-13(4-2)7-9-14/h6-12,20H,3-5H2,1-2H3. The zero-order valence-corrected chi connectivity index (χ0v) is 12.1. The lowest BCUT2D eigenvalue weighted by Gasteiger charge is -2.01. The van der Waals surface area contributed by atoms with Crippen molar-refractivity contribution in [1.29, 1.82) is 0 Å². The molecule has 20 heavy (non-hydrogen) atoms. The summed E-state index contributed by atoms with van der Waals surface area (Å²) in [4.78, 5) is 8.01. The summed E-state index contributed by atoms with van der Waals surface area (Å²) in [6.45, 7) is 4.39. The Bertz CT molecular complexity index is 708. The van der Waals surface area contributed by atoms with E-state index in [4.69, 9.17) is 0 Å². The van der Waals surface area contributed by atoms with E-state index in [0.717, 1.165) is 30.5 Å². The third-order valence-electron chi connectivity index (χ3n) is 3.80. The Labute approximate surface area is 119 Å². The molecule has 0 amide bonds. The number of aromatic nitrogens is 2. The summed E-state index contributed by atoms with van der Waals surface area (Å²) >= 11 is 0. The van der Waals surface area contributed by atoms with E-state index in [1.54, 1.807) is 0 Å². The second kappa shape index (κ2) is 5.49. The first kappa shape index (κ1) is 12.9. The Kier molecular flexibility index (Phi) is 3.55. The quantitative estimate of drug-likeness (QED) is 0.724. The minimum Gasteiger partial charge on any atom is -0.353 e. The molecule has 3 rings (SSSR count). The van der Waals surface area contributed by atoms with Crippen LogP contribution in [0, 0.1) is 0 Å². The van der Waals surface area contributed by atoms with Crippen LogP contribution in [0.4, 0.5) is 0 Å². The summed E-state index contributed by atoms with van der Waals surface area (Å²) in [6.07, 6.45) is 5.23. The lowest BCUT2D eigenvalue weighted by molar-refractivity contribution is 0.925. The summed E-state index contributed by atoms with van der Waals surface area (Å²) < 4.78 is 0. The Balaban J connectivity index is 2.05. The maximum Gasteiger partial charge on any atom is 0.0888 e. The van der Waals surface area contributed by atoms with Crippen LogP contribution in [0.2, 0.25) is 0 Å². The molecule has 2 heteroatoms. The van der Waals surface area contributed by atoms with Gasteiger partial charge in [0.05, 0.1) is 11.0 Å². The van der Waals surface area contributed by atoms with E-state index in [1.807, 2.05) is 6.20 Å². The van der Waals surface area contributed by atoms with Crippen LogP contribution in [0.25, 0.3) is 22.3 Å². The highest BCUT2D eigenvalue weighted by molar-refractivity contribution is 5.85. The molecular weight excluding hydrogens is 244 g/mol. The molecule has 0 aliphatic rings. The number of aryl methyl sites for hydroxylation is 2. The van der Waals surface area contributed by atoms with Crippen molar-refractivity contribution in [2.45, 2.75) is 33.1 Å². The van der Waals surface area contributed by atoms with Gasteiger partial charge in [-0.05, 0) is 41.7 Å². The minimum atomic E-state index is 1.06. The number of benzene rings is 1. The van der Waals surface area contributed by atoms with E-state index >= 15 is 0 Å². The van der Waals surface area contributed by atoms with Crippen molar-refractivity contribution < 1.29 is 0 Å². The number of fused-ring (bicyclic) bond motifs is 1. The summed E-state index contributed by atoms with van der Waals surface area (Å²) in [7, 11) is 0. The lowest BCUT2D eigenvalue weighted by Crippen LogP contribution is -1.86. The van der Waals surface area contributed by atoms with Crippen LogP contribution in [0.1, 0.15) is 31.4 Å². The molecule has 3 aromatic rings. The summed E-state index contributed by atoms with van der Waals surface area (Å²) in [6, 6.07) is 13.0. The number of nitrogens with one attached hydrogen (secondary N) is 1. The molecule has 0 fully saturated rings. The van der Waals surface area contributed by atoms with Gasteiger partial charge in [0, 0.05) is 11.9 Å². The van der Waals surface area contributed by atoms with Crippen molar-refractivity contribution in [1.82, 2.24) is 9.97 Å². The fourth-order valence-corrected chi connectivity index (χ4v) is 2.63. The number of H-pyrrole nitrogens is 1. The van der Waals surface area contributed by atoms with E-state index in [0.29, 0.717) is 0 Å². The highest BCUT2D eigenvalue weighted by Gasteiger charge is 2.07. The topological polar surface area (TPSA) is 28.7 Å². The minimum absolute atomic E-state index is 1.06. The van der Waals surface area contributed by atoms with Gasteiger partial charge in [-0.2, -0.15) is 0 Å². The van der Waals surface area contributed by atoms with Gasteiger partial charge < -0.3 is 4.98 Å². The van der Waals surface area contributed by atoms with E-state index in [1.165, 1.54) is 22.2 Å². The SMILES string of the molecule is CCCc1ccnc2cc(-c3ccc(CC)cc3)[nH]c12. The van der Waals surface area contributed by atoms with Gasteiger partial charge in [-0.25, -0.2) is 0 Å². The molecule has 2 heterocycles. The Morgan fingerprint density at radius 3 is 2.55 bits per heavy atom. The molecule has 0 aliphatic heterocycles. The van der Waals surface area contributed by atoms with Gasteiger partial charge in [0.2, 0.25) is 0 Å². The van der Waals surface area contributed by atoms with Gasteiger partial charge in [-0.1, -0.05) is 44.5 Å². The van der Waals surface area contributed by atoms with E-state index in [-0.39, 0.29) is 0 Å². The molecule has 0 atom stereocenters. The van der Waals surface area contributed by atoms with Crippen LogP contribution in [-0.2, 0) is 12.8 Å². The van der Waals surface area contributed by atoms with Crippen LogP contribution >= 0.6 is 0 Å². The first-order valence-corrected chi connectivity index (χ1v) is 7.37. The molecule has 0 saturated carbocycles. The first-order valence-electron chi connectivity index (χ1n) is 7.37. The summed E-state index contributed by atoms with van der Waals surface area (Å²) in [5.41, 5.74) is 7.35. The van der Waals surface area contributed by atoms with Crippen LogP contribution < -0.4 is 0 Å². The highest BCUT2D eigenvalue weighted by atomic mass is 14.8. The summed E-state index contributed by atoms with van der Waals surface area (Å²) in [5, 5.41) is 0. The zero-order chi connectivity index (χ0) is 13.9. The molecule has 0 bridgehead atoms. The molecule has 1 aromatic carbocycles. The molecular formula is C18H20N2. The van der Waals surface area contributed by atoms with E-state index in [2.05, 4.69) is 60.2 Å². The van der Waals surface area contributed by atoms with E-state index < -0.39 is 0 Å². The van der Waals surface area contributed by atoms with Crippen molar-refractivity contribution >= 4 is 11.0 Å². The number of rotatable bonds is 4. The van der Waals surface area contributed by atoms with Crippen molar-refractivity contribution in [3.63, 3.8) is 0 Å². The van der Waals surface area contributed by atoms with E-state index in [9.17, 15) is 0 Å². The van der Waals surface area contributed by atoms with Crippen molar-refractivity contribution in [2.75, 3.05) is 0 Å². The smallest absolute Gasteiger partial charge is 0.0888 e. The Hall–Kier alpha value is -2.09. The molecule has 0 spiro atoms. The molecule has 0 radical (unpaired) electrons. The number of pyridine rings is 1. The monoisotopic (exact) mass is 264 g/mol. The van der Waals surface area contributed by atoms with Crippen molar-refractivity contribution in [3.05, 3.63) is 53.7 Å². The van der Waals surface area contributed by atoms with Gasteiger partial charge in [0.15, 0.2) is 0 Å². The fraction of sp³-hybridized carbons (Fsp3) is 0.278. The maximum absolute atomic E-state index is 4.47. The zero-order valence-electron chi connectivity index (χ0n) is 12.1. The fourth-order valence-electron chi connectivity index (χ4n) is 2.63. The third kappa shape index (κ3) is 2.34. The first-order chi connectivity index (χ1) is 9.81. The third-order valence-corrected chi connectivity index (χ3v) is 3.80. The van der Waals surface area contributed by atoms with Crippen LogP contribution in [-0.4, -0.2) is 9.97 Å². The average Bonchev–Trinajstić information content (AvgIpc) is 2.93. The summed E-state index contributed by atoms with van der Waals surface area (Å²) in [5.74, 6) is 0. The lowest BCUT2D eigenvalue weighted by atomic mass is 10.1. The molecule has 2 aromatic heterocycles. The number of aromatic amines is 1. The van der Waals surface area contributed by atoms with Gasteiger partial charge in [0.25, 0.3) is 0 Å². The van der Waals surface area contributed by atoms with Crippen LogP contribution in [0.5, 0.6) is 0 Å². The van der Waals surface area contributed by atoms with Crippen LogP contribution in [0.15, 0.2) is 42.6 Å². The predicted molar refractivity (Wildman–Crippen MR) is 84.9 cm³/mol. The Morgan fingerprint density at radius 2 is 1.85 bits per heavy atom. The number of hydrogen-bond acceptors (Lipinski definition) is 1. The largest absolute Gasteiger partial charge is 0.353 e.